The highest BCUT2D eigenvalue weighted by molar-refractivity contribution is 5.96. The maximum atomic E-state index is 12.4. The number of piperidine rings is 1. The van der Waals surface area contributed by atoms with Crippen LogP contribution in [0.25, 0.3) is 5.69 Å². The van der Waals surface area contributed by atoms with Gasteiger partial charge in [0.1, 0.15) is 0 Å². The summed E-state index contributed by atoms with van der Waals surface area (Å²) in [6.07, 6.45) is 8.75. The number of aryl methyl sites for hydroxylation is 1. The fraction of sp³-hybridized carbons (Fsp3) is 0.393. The van der Waals surface area contributed by atoms with E-state index in [-0.39, 0.29) is 24.4 Å². The van der Waals surface area contributed by atoms with Crippen molar-refractivity contribution in [3.63, 3.8) is 0 Å². The zero-order valence-electron chi connectivity index (χ0n) is 20.8. The topological polar surface area (TPSA) is 82.5 Å². The Morgan fingerprint density at radius 2 is 1.78 bits per heavy atom. The van der Waals surface area contributed by atoms with Crippen LogP contribution in [0.5, 0.6) is 0 Å². The highest BCUT2D eigenvalue weighted by Crippen LogP contribution is 2.26. The number of likely N-dealkylation sites (tertiary alicyclic amines) is 1. The largest absolute Gasteiger partial charge is 0.371 e. The Hall–Kier alpha value is -3.65. The molecular formula is C28H34N6O2. The van der Waals surface area contributed by atoms with E-state index in [1.54, 1.807) is 12.3 Å². The third-order valence-corrected chi connectivity index (χ3v) is 7.27. The van der Waals surface area contributed by atoms with Crippen molar-refractivity contribution < 1.29 is 9.59 Å². The lowest BCUT2D eigenvalue weighted by atomic mass is 10.0. The molecule has 2 saturated heterocycles. The Kier molecular flexibility index (Phi) is 7.32. The Balaban J connectivity index is 1.04. The highest BCUT2D eigenvalue weighted by atomic mass is 16.2. The van der Waals surface area contributed by atoms with Crippen molar-refractivity contribution in [2.75, 3.05) is 37.6 Å². The second-order valence-electron chi connectivity index (χ2n) is 9.80. The van der Waals surface area contributed by atoms with E-state index >= 15 is 0 Å². The molecule has 1 aromatic heterocycles. The van der Waals surface area contributed by atoms with Crippen LogP contribution in [0.15, 0.2) is 67.3 Å². The molecule has 0 aliphatic carbocycles. The molecule has 3 aromatic rings. The van der Waals surface area contributed by atoms with Gasteiger partial charge in [0.2, 0.25) is 5.91 Å². The van der Waals surface area contributed by atoms with Gasteiger partial charge in [-0.3, -0.25) is 14.5 Å². The molecule has 3 heterocycles. The van der Waals surface area contributed by atoms with Crippen LogP contribution < -0.4 is 15.5 Å². The van der Waals surface area contributed by atoms with Crippen molar-refractivity contribution in [3.05, 3.63) is 78.4 Å². The number of nitrogens with one attached hydrogen (secondary N) is 2. The predicted molar refractivity (Wildman–Crippen MR) is 140 cm³/mol. The first-order chi connectivity index (χ1) is 17.5. The van der Waals surface area contributed by atoms with Crippen molar-refractivity contribution in [2.45, 2.75) is 38.3 Å². The quantitative estimate of drug-likeness (QED) is 0.537. The van der Waals surface area contributed by atoms with Crippen molar-refractivity contribution in [3.8, 4) is 5.69 Å². The first-order valence-electron chi connectivity index (χ1n) is 12.8. The number of amides is 2. The normalized spacial score (nSPS) is 18.8. The van der Waals surface area contributed by atoms with Crippen LogP contribution in [0.4, 0.5) is 5.69 Å². The summed E-state index contributed by atoms with van der Waals surface area (Å²) < 4.78 is 2.01. The molecule has 2 aromatic carbocycles. The molecule has 1 atom stereocenters. The number of hydrogen-bond donors (Lipinski definition) is 2. The van der Waals surface area contributed by atoms with E-state index in [0.29, 0.717) is 11.6 Å². The van der Waals surface area contributed by atoms with Gasteiger partial charge in [-0.05, 0) is 62.6 Å². The number of aromatic nitrogens is 2. The lowest BCUT2D eigenvalue weighted by Crippen LogP contribution is -2.46. The molecule has 2 aliphatic heterocycles. The number of carbonyl (C=O) groups is 2. The van der Waals surface area contributed by atoms with Crippen molar-refractivity contribution in [1.29, 1.82) is 0 Å². The van der Waals surface area contributed by atoms with Crippen LogP contribution in [0, 0.1) is 6.92 Å². The van der Waals surface area contributed by atoms with Crippen LogP contribution >= 0.6 is 0 Å². The van der Waals surface area contributed by atoms with Crippen LogP contribution in [0.3, 0.4) is 0 Å². The molecule has 36 heavy (non-hydrogen) atoms. The van der Waals surface area contributed by atoms with Crippen LogP contribution in [-0.2, 0) is 4.79 Å². The van der Waals surface area contributed by atoms with Gasteiger partial charge in [-0.25, -0.2) is 4.98 Å². The fourth-order valence-electron chi connectivity index (χ4n) is 5.30. The number of carbonyl (C=O) groups excluding carboxylic acids is 2. The monoisotopic (exact) mass is 486 g/mol. The smallest absolute Gasteiger partial charge is 0.251 e. The van der Waals surface area contributed by atoms with E-state index in [9.17, 15) is 9.59 Å². The molecule has 8 nitrogen and oxygen atoms in total. The van der Waals surface area contributed by atoms with E-state index in [0.717, 1.165) is 56.7 Å². The van der Waals surface area contributed by atoms with Gasteiger partial charge in [0.05, 0.1) is 12.9 Å². The standard InChI is InChI=1S/C28H34N6O2/c1-21-3-2-4-22(17-21)28(36)30-18-27(35)31-23-9-13-33(19-23)26-10-14-32(15-11-26)24-5-7-25(8-6-24)34-16-12-29-20-34/h2-8,12,16-17,20,23,26H,9-11,13-15,18-19H2,1H3,(H,30,36)(H,31,35)/t23-/m1/s1. The molecule has 0 unspecified atom stereocenters. The Morgan fingerprint density at radius 3 is 2.50 bits per heavy atom. The summed E-state index contributed by atoms with van der Waals surface area (Å²) in [5.41, 5.74) is 3.98. The van der Waals surface area contributed by atoms with E-state index in [1.807, 2.05) is 42.2 Å². The summed E-state index contributed by atoms with van der Waals surface area (Å²) >= 11 is 0. The first kappa shape index (κ1) is 24.1. The van der Waals surface area contributed by atoms with E-state index < -0.39 is 0 Å². The van der Waals surface area contributed by atoms with Crippen molar-refractivity contribution >= 4 is 17.5 Å². The van der Waals surface area contributed by atoms with Crippen LogP contribution in [0.2, 0.25) is 0 Å². The number of benzene rings is 2. The van der Waals surface area contributed by atoms with Gasteiger partial charge in [0, 0.05) is 67.6 Å². The second kappa shape index (κ2) is 11.0. The number of imidazole rings is 1. The fourth-order valence-corrected chi connectivity index (χ4v) is 5.30. The third-order valence-electron chi connectivity index (χ3n) is 7.27. The number of rotatable bonds is 7. The van der Waals surface area contributed by atoms with Crippen molar-refractivity contribution in [2.24, 2.45) is 0 Å². The molecule has 0 spiro atoms. The molecule has 188 valence electrons. The summed E-state index contributed by atoms with van der Waals surface area (Å²) in [5.74, 6) is -0.346. The molecule has 0 bridgehead atoms. The molecule has 2 fully saturated rings. The summed E-state index contributed by atoms with van der Waals surface area (Å²) in [6.45, 7) is 5.90. The average molecular weight is 487 g/mol. The van der Waals surface area contributed by atoms with Gasteiger partial charge >= 0.3 is 0 Å². The molecule has 8 heteroatoms. The molecule has 2 aliphatic rings. The summed E-state index contributed by atoms with van der Waals surface area (Å²) in [6, 6.07) is 16.7. The zero-order chi connectivity index (χ0) is 24.9. The number of hydrogen-bond acceptors (Lipinski definition) is 5. The van der Waals surface area contributed by atoms with Gasteiger partial charge < -0.3 is 20.1 Å². The maximum Gasteiger partial charge on any atom is 0.251 e. The van der Waals surface area contributed by atoms with Gasteiger partial charge in [0.15, 0.2) is 0 Å². The SMILES string of the molecule is Cc1cccc(C(=O)NCC(=O)N[C@@H]2CCN(C3CCN(c4ccc(-n5ccnc5)cc4)CC3)C2)c1. The molecule has 0 radical (unpaired) electrons. The predicted octanol–water partition coefficient (Wildman–Crippen LogP) is 2.77. The van der Waals surface area contributed by atoms with E-state index in [1.165, 1.54) is 5.69 Å². The third kappa shape index (κ3) is 5.76. The van der Waals surface area contributed by atoms with E-state index in [2.05, 4.69) is 49.7 Å². The van der Waals surface area contributed by atoms with E-state index in [4.69, 9.17) is 0 Å². The Labute approximate surface area is 212 Å². The van der Waals surface area contributed by atoms with Gasteiger partial charge in [-0.15, -0.1) is 0 Å². The lowest BCUT2D eigenvalue weighted by molar-refractivity contribution is -0.120. The summed E-state index contributed by atoms with van der Waals surface area (Å²) in [7, 11) is 0. The Morgan fingerprint density at radius 1 is 1.00 bits per heavy atom. The minimum absolute atomic E-state index is 0.00129. The van der Waals surface area contributed by atoms with Gasteiger partial charge in [-0.1, -0.05) is 17.7 Å². The summed E-state index contributed by atoms with van der Waals surface area (Å²) in [4.78, 5) is 33.8. The molecule has 2 N–H and O–H groups in total. The second-order valence-corrected chi connectivity index (χ2v) is 9.80. The Bertz CT molecular complexity index is 1170. The number of nitrogens with zero attached hydrogens (tertiary/aromatic N) is 4. The average Bonchev–Trinajstić information content (AvgIpc) is 3.60. The minimum atomic E-state index is -0.218. The highest BCUT2D eigenvalue weighted by Gasteiger charge is 2.31. The molecule has 0 saturated carbocycles. The van der Waals surface area contributed by atoms with Gasteiger partial charge in [0.25, 0.3) is 5.91 Å². The van der Waals surface area contributed by atoms with Crippen LogP contribution in [-0.4, -0.2) is 71.1 Å². The van der Waals surface area contributed by atoms with Crippen LogP contribution in [0.1, 0.15) is 35.2 Å². The lowest BCUT2D eigenvalue weighted by Gasteiger charge is -2.38. The number of anilines is 1. The van der Waals surface area contributed by atoms with Crippen molar-refractivity contribution in [1.82, 2.24) is 25.1 Å². The summed E-state index contributed by atoms with van der Waals surface area (Å²) in [5, 5.41) is 5.84. The first-order valence-corrected chi connectivity index (χ1v) is 12.8. The maximum absolute atomic E-state index is 12.4. The van der Waals surface area contributed by atoms with Gasteiger partial charge in [-0.2, -0.15) is 0 Å². The minimum Gasteiger partial charge on any atom is -0.371 e. The molecule has 5 rings (SSSR count). The molecular weight excluding hydrogens is 452 g/mol. The molecule has 2 amide bonds. The zero-order valence-corrected chi connectivity index (χ0v) is 20.8.